The molecule has 0 unspecified atom stereocenters. The van der Waals surface area contributed by atoms with Gasteiger partial charge in [-0.25, -0.2) is 4.79 Å². The number of fused-ring (bicyclic) bond motifs is 1. The smallest absolute Gasteiger partial charge is 0.333 e. The molecule has 1 aromatic heterocycles. The van der Waals surface area contributed by atoms with Gasteiger partial charge in [0.2, 0.25) is 0 Å². The fourth-order valence-corrected chi connectivity index (χ4v) is 3.10. The van der Waals surface area contributed by atoms with Crippen LogP contribution in [0.1, 0.15) is 45.7 Å². The van der Waals surface area contributed by atoms with Crippen molar-refractivity contribution in [1.82, 2.24) is 4.98 Å². The molecule has 27 heavy (non-hydrogen) atoms. The summed E-state index contributed by atoms with van der Waals surface area (Å²) in [5, 5.41) is 1.12. The Morgan fingerprint density at radius 1 is 1.11 bits per heavy atom. The zero-order chi connectivity index (χ0) is 19.6. The summed E-state index contributed by atoms with van der Waals surface area (Å²) >= 11 is 0. The minimum absolute atomic E-state index is 0.116. The largest absolute Gasteiger partial charge is 0.463 e. The van der Waals surface area contributed by atoms with Crippen LogP contribution in [0.15, 0.2) is 54.1 Å². The number of ether oxygens (including phenoxy) is 1. The van der Waals surface area contributed by atoms with E-state index in [1.165, 1.54) is 11.1 Å². The number of H-pyrrole nitrogens is 1. The molecule has 0 fully saturated rings. The number of aromatic amines is 1. The van der Waals surface area contributed by atoms with Crippen LogP contribution in [0.4, 0.5) is 0 Å². The van der Waals surface area contributed by atoms with E-state index in [4.69, 9.17) is 4.74 Å². The molecule has 0 bridgehead atoms. The highest BCUT2D eigenvalue weighted by Crippen LogP contribution is 2.29. The van der Waals surface area contributed by atoms with Crippen LogP contribution in [0.5, 0.6) is 0 Å². The first-order chi connectivity index (χ1) is 12.8. The first-order valence-electron chi connectivity index (χ1n) is 9.37. The summed E-state index contributed by atoms with van der Waals surface area (Å²) in [5.74, 6) is -0.272. The van der Waals surface area contributed by atoms with E-state index in [9.17, 15) is 4.79 Å². The van der Waals surface area contributed by atoms with Gasteiger partial charge in [-0.1, -0.05) is 45.0 Å². The third-order valence-electron chi connectivity index (χ3n) is 4.66. The van der Waals surface area contributed by atoms with E-state index in [2.05, 4.69) is 68.2 Å². The van der Waals surface area contributed by atoms with Gasteiger partial charge in [-0.3, -0.25) is 0 Å². The number of hydrogen-bond acceptors (Lipinski definition) is 2. The van der Waals surface area contributed by atoms with Crippen LogP contribution in [0.3, 0.4) is 0 Å². The predicted molar refractivity (Wildman–Crippen MR) is 113 cm³/mol. The highest BCUT2D eigenvalue weighted by molar-refractivity contribution is 5.94. The molecule has 2 aromatic carbocycles. The molecule has 1 N–H and O–H groups in total. The standard InChI is InChI=1S/C24H27NO2/c1-6-27-23(26)16(2)12-17-10-11-21-19(13-17)15-22(25-21)18-8-7-9-20(14-18)24(3,4)5/h7-15,25H,6H2,1-5H3/b16-12+. The van der Waals surface area contributed by atoms with Gasteiger partial charge >= 0.3 is 5.97 Å². The van der Waals surface area contributed by atoms with Crippen molar-refractivity contribution in [2.75, 3.05) is 6.61 Å². The molecule has 0 amide bonds. The van der Waals surface area contributed by atoms with Gasteiger partial charge in [0.1, 0.15) is 0 Å². The molecule has 0 aliphatic heterocycles. The molecular weight excluding hydrogens is 334 g/mol. The van der Waals surface area contributed by atoms with Crippen LogP contribution >= 0.6 is 0 Å². The van der Waals surface area contributed by atoms with Gasteiger partial charge in [-0.05, 0) is 66.3 Å². The van der Waals surface area contributed by atoms with Crippen molar-refractivity contribution in [2.45, 2.75) is 40.0 Å². The highest BCUT2D eigenvalue weighted by Gasteiger charge is 2.14. The number of aromatic nitrogens is 1. The maximum absolute atomic E-state index is 11.8. The maximum Gasteiger partial charge on any atom is 0.333 e. The second-order valence-electron chi connectivity index (χ2n) is 7.91. The van der Waals surface area contributed by atoms with Crippen molar-refractivity contribution in [1.29, 1.82) is 0 Å². The summed E-state index contributed by atoms with van der Waals surface area (Å²) in [5.41, 5.74) is 6.37. The van der Waals surface area contributed by atoms with Gasteiger partial charge < -0.3 is 9.72 Å². The number of rotatable bonds is 4. The molecule has 1 heterocycles. The summed E-state index contributed by atoms with van der Waals surface area (Å²) in [6.07, 6.45) is 1.87. The van der Waals surface area contributed by atoms with Gasteiger partial charge in [0.05, 0.1) is 6.61 Å². The first-order valence-corrected chi connectivity index (χ1v) is 9.37. The second-order valence-corrected chi connectivity index (χ2v) is 7.91. The lowest BCUT2D eigenvalue weighted by Crippen LogP contribution is -2.10. The third-order valence-corrected chi connectivity index (χ3v) is 4.66. The molecule has 0 atom stereocenters. The Morgan fingerprint density at radius 3 is 2.59 bits per heavy atom. The van der Waals surface area contributed by atoms with Crippen molar-refractivity contribution < 1.29 is 9.53 Å². The van der Waals surface area contributed by atoms with Crippen LogP contribution < -0.4 is 0 Å². The molecule has 0 saturated carbocycles. The Labute approximate surface area is 161 Å². The molecule has 0 saturated heterocycles. The summed E-state index contributed by atoms with van der Waals surface area (Å²) < 4.78 is 5.05. The Balaban J connectivity index is 1.95. The number of benzene rings is 2. The predicted octanol–water partition coefficient (Wildman–Crippen LogP) is 6.10. The fourth-order valence-electron chi connectivity index (χ4n) is 3.10. The van der Waals surface area contributed by atoms with E-state index < -0.39 is 0 Å². The lowest BCUT2D eigenvalue weighted by atomic mass is 9.86. The van der Waals surface area contributed by atoms with Gasteiger partial charge in [0.15, 0.2) is 0 Å². The lowest BCUT2D eigenvalue weighted by molar-refractivity contribution is -0.138. The molecule has 3 heteroatoms. The molecule has 0 radical (unpaired) electrons. The minimum atomic E-state index is -0.272. The molecule has 140 valence electrons. The van der Waals surface area contributed by atoms with Crippen molar-refractivity contribution in [3.05, 3.63) is 65.2 Å². The van der Waals surface area contributed by atoms with Crippen molar-refractivity contribution >= 4 is 22.9 Å². The molecule has 0 spiro atoms. The van der Waals surface area contributed by atoms with E-state index in [0.29, 0.717) is 12.2 Å². The summed E-state index contributed by atoms with van der Waals surface area (Å²) in [4.78, 5) is 15.3. The first kappa shape index (κ1) is 19.0. The number of carbonyl (C=O) groups excluding carboxylic acids is 1. The Morgan fingerprint density at radius 2 is 1.89 bits per heavy atom. The average molecular weight is 361 g/mol. The zero-order valence-corrected chi connectivity index (χ0v) is 16.7. The number of carbonyl (C=O) groups is 1. The van der Waals surface area contributed by atoms with Crippen molar-refractivity contribution in [3.63, 3.8) is 0 Å². The molecule has 0 aliphatic carbocycles. The molecule has 3 rings (SSSR count). The Hall–Kier alpha value is -2.81. The molecule has 3 aromatic rings. The summed E-state index contributed by atoms with van der Waals surface area (Å²) in [6.45, 7) is 10.7. The van der Waals surface area contributed by atoms with Gasteiger partial charge in [-0.2, -0.15) is 0 Å². The van der Waals surface area contributed by atoms with Gasteiger partial charge in [-0.15, -0.1) is 0 Å². The minimum Gasteiger partial charge on any atom is -0.463 e. The summed E-state index contributed by atoms with van der Waals surface area (Å²) in [6, 6.07) is 17.0. The van der Waals surface area contributed by atoms with Gasteiger partial charge in [0, 0.05) is 22.2 Å². The van der Waals surface area contributed by atoms with Crippen LogP contribution in [0.2, 0.25) is 0 Å². The number of nitrogens with one attached hydrogen (secondary N) is 1. The Bertz CT molecular complexity index is 1000. The summed E-state index contributed by atoms with van der Waals surface area (Å²) in [7, 11) is 0. The topological polar surface area (TPSA) is 42.1 Å². The van der Waals surface area contributed by atoms with E-state index in [-0.39, 0.29) is 11.4 Å². The van der Waals surface area contributed by atoms with Crippen molar-refractivity contribution in [2.24, 2.45) is 0 Å². The van der Waals surface area contributed by atoms with Crippen molar-refractivity contribution in [3.8, 4) is 11.3 Å². The quantitative estimate of drug-likeness (QED) is 0.451. The van der Waals surface area contributed by atoms with Crippen LogP contribution in [-0.4, -0.2) is 17.6 Å². The number of hydrogen-bond donors (Lipinski definition) is 1. The maximum atomic E-state index is 11.8. The zero-order valence-electron chi connectivity index (χ0n) is 16.7. The van der Waals surface area contributed by atoms with Gasteiger partial charge in [0.25, 0.3) is 0 Å². The Kier molecular flexibility index (Phi) is 5.22. The monoisotopic (exact) mass is 361 g/mol. The van der Waals surface area contributed by atoms with Crippen LogP contribution in [-0.2, 0) is 14.9 Å². The molecular formula is C24H27NO2. The lowest BCUT2D eigenvalue weighted by Gasteiger charge is -2.19. The molecule has 0 aliphatic rings. The SMILES string of the molecule is CCOC(=O)/C(C)=C/c1ccc2[nH]c(-c3cccc(C(C)(C)C)c3)cc2c1. The average Bonchev–Trinajstić information content (AvgIpc) is 3.04. The van der Waals surface area contributed by atoms with E-state index in [0.717, 1.165) is 22.2 Å². The highest BCUT2D eigenvalue weighted by atomic mass is 16.5. The molecule has 3 nitrogen and oxygen atoms in total. The normalized spacial score (nSPS) is 12.4. The van der Waals surface area contributed by atoms with Crippen LogP contribution in [0.25, 0.3) is 28.2 Å². The van der Waals surface area contributed by atoms with Crippen LogP contribution in [0, 0.1) is 0 Å². The second kappa shape index (κ2) is 7.43. The van der Waals surface area contributed by atoms with E-state index >= 15 is 0 Å². The fraction of sp³-hybridized carbons (Fsp3) is 0.292. The third kappa shape index (κ3) is 4.30. The number of esters is 1. The van der Waals surface area contributed by atoms with E-state index in [1.807, 2.05) is 19.1 Å². The van der Waals surface area contributed by atoms with E-state index in [1.54, 1.807) is 6.92 Å².